The number of carboxylic acids is 1. The number of carbonyl (C=O) groups is 2. The van der Waals surface area contributed by atoms with E-state index in [1.807, 2.05) is 0 Å². The molecule has 0 amide bonds. The monoisotopic (exact) mass is 448 g/mol. The number of carbonyl (C=O) groups excluding carboxylic acids is 1. The van der Waals surface area contributed by atoms with E-state index in [1.54, 1.807) is 0 Å². The number of hydrogen-bond donors (Lipinski definition) is 4. The van der Waals surface area contributed by atoms with Gasteiger partial charge in [0.1, 0.15) is 18.8 Å². The zero-order chi connectivity index (χ0) is 23.7. The van der Waals surface area contributed by atoms with Crippen molar-refractivity contribution in [3.05, 3.63) is 0 Å². The van der Waals surface area contributed by atoms with Crippen LogP contribution in [0.1, 0.15) is 117 Å². The van der Waals surface area contributed by atoms with Gasteiger partial charge in [-0.25, -0.2) is 4.79 Å². The molecule has 7 heteroatoms. The van der Waals surface area contributed by atoms with Gasteiger partial charge in [0.2, 0.25) is 0 Å². The first-order valence-corrected chi connectivity index (χ1v) is 12.2. The molecule has 7 nitrogen and oxygen atoms in total. The molecular formula is C24H48O7. The molecule has 186 valence electrons. The quantitative estimate of drug-likeness (QED) is 0.158. The van der Waals surface area contributed by atoms with E-state index < -0.39 is 18.2 Å². The zero-order valence-corrected chi connectivity index (χ0v) is 19.9. The topological polar surface area (TPSA) is 124 Å². The first kappa shape index (κ1) is 32.0. The van der Waals surface area contributed by atoms with Gasteiger partial charge in [0.05, 0.1) is 6.61 Å². The highest BCUT2D eigenvalue weighted by Crippen LogP contribution is 2.13. The van der Waals surface area contributed by atoms with Crippen molar-refractivity contribution in [1.82, 2.24) is 0 Å². The van der Waals surface area contributed by atoms with Gasteiger partial charge in [0.25, 0.3) is 0 Å². The molecule has 0 aliphatic carbocycles. The lowest BCUT2D eigenvalue weighted by Gasteiger charge is -2.08. The Labute approximate surface area is 189 Å². The Bertz CT molecular complexity index is 399. The second-order valence-electron chi connectivity index (χ2n) is 8.23. The van der Waals surface area contributed by atoms with Crippen LogP contribution in [0.3, 0.4) is 0 Å². The van der Waals surface area contributed by atoms with Crippen LogP contribution in [-0.2, 0) is 14.3 Å². The fraction of sp³-hybridized carbons (Fsp3) is 0.917. The molecule has 2 atom stereocenters. The minimum Gasteiger partial charge on any atom is -0.479 e. The summed E-state index contributed by atoms with van der Waals surface area (Å²) in [7, 11) is 0. The van der Waals surface area contributed by atoms with Gasteiger partial charge in [0.15, 0.2) is 0 Å². The molecule has 0 spiro atoms. The Hall–Kier alpha value is -1.18. The van der Waals surface area contributed by atoms with Crippen LogP contribution in [-0.4, -0.2) is 57.8 Å². The predicted octanol–water partition coefficient (Wildman–Crippen LogP) is 4.60. The Morgan fingerprint density at radius 1 is 0.742 bits per heavy atom. The first-order chi connectivity index (χ1) is 14.8. The molecular weight excluding hydrogens is 400 g/mol. The summed E-state index contributed by atoms with van der Waals surface area (Å²) >= 11 is 0. The summed E-state index contributed by atoms with van der Waals surface area (Å²) in [4.78, 5) is 20.8. The first-order valence-electron chi connectivity index (χ1n) is 12.2. The molecule has 0 heterocycles. The number of esters is 1. The maximum atomic E-state index is 11.4. The number of ether oxygens (including phenoxy) is 1. The lowest BCUT2D eigenvalue weighted by molar-refractivity contribution is -0.147. The number of aliphatic hydroxyl groups is 3. The molecule has 0 aliphatic heterocycles. The summed E-state index contributed by atoms with van der Waals surface area (Å²) in [5.41, 5.74) is 0. The average molecular weight is 449 g/mol. The predicted molar refractivity (Wildman–Crippen MR) is 123 cm³/mol. The van der Waals surface area contributed by atoms with E-state index in [4.69, 9.17) is 25.2 Å². The number of unbranched alkanes of at least 4 members (excludes halogenated alkanes) is 14. The Morgan fingerprint density at radius 2 is 1.10 bits per heavy atom. The van der Waals surface area contributed by atoms with E-state index in [9.17, 15) is 9.59 Å². The number of aliphatic carboxylic acids is 1. The number of rotatable bonds is 20. The van der Waals surface area contributed by atoms with Crippen molar-refractivity contribution in [1.29, 1.82) is 0 Å². The van der Waals surface area contributed by atoms with Gasteiger partial charge >= 0.3 is 11.9 Å². The summed E-state index contributed by atoms with van der Waals surface area (Å²) in [6.45, 7) is 2.99. The second-order valence-corrected chi connectivity index (χ2v) is 8.23. The Kier molecular flexibility index (Phi) is 25.9. The lowest BCUT2D eigenvalue weighted by atomic mass is 10.0. The van der Waals surface area contributed by atoms with E-state index in [0.29, 0.717) is 6.42 Å². The van der Waals surface area contributed by atoms with Crippen LogP contribution in [0, 0.1) is 0 Å². The molecule has 2 unspecified atom stereocenters. The minimum atomic E-state index is -1.23. The van der Waals surface area contributed by atoms with E-state index in [2.05, 4.69) is 6.92 Å². The van der Waals surface area contributed by atoms with Crippen molar-refractivity contribution in [2.75, 3.05) is 13.2 Å². The second kappa shape index (κ2) is 25.1. The van der Waals surface area contributed by atoms with Crippen molar-refractivity contribution in [2.24, 2.45) is 0 Å². The summed E-state index contributed by atoms with van der Waals surface area (Å²) in [5, 5.41) is 33.5. The van der Waals surface area contributed by atoms with E-state index >= 15 is 0 Å². The standard InChI is InChI=1S/C21H42O4.C3H6O3/c1-2-3-4-5-6-7-8-9-10-11-12-13-14-15-16-17-21(24)25-19-20(23)18-22;1-2(4)3(5)6/h20,22-23H,2-19H2,1H3;2,4H,1H3,(H,5,6). The van der Waals surface area contributed by atoms with Crippen LogP contribution in [0.15, 0.2) is 0 Å². The molecule has 0 radical (unpaired) electrons. The van der Waals surface area contributed by atoms with E-state index in [1.165, 1.54) is 90.4 Å². The van der Waals surface area contributed by atoms with Gasteiger partial charge in [0, 0.05) is 6.42 Å². The number of aliphatic hydroxyl groups excluding tert-OH is 3. The highest BCUT2D eigenvalue weighted by atomic mass is 16.5. The third kappa shape index (κ3) is 28.8. The molecule has 0 aromatic rings. The van der Waals surface area contributed by atoms with Gasteiger partial charge in [-0.3, -0.25) is 4.79 Å². The van der Waals surface area contributed by atoms with Gasteiger partial charge in [-0.2, -0.15) is 0 Å². The third-order valence-corrected chi connectivity index (χ3v) is 4.99. The fourth-order valence-corrected chi connectivity index (χ4v) is 2.95. The molecule has 31 heavy (non-hydrogen) atoms. The van der Waals surface area contributed by atoms with Crippen LogP contribution in [0.25, 0.3) is 0 Å². The molecule has 0 rings (SSSR count). The van der Waals surface area contributed by atoms with Crippen molar-refractivity contribution in [3.8, 4) is 0 Å². The highest BCUT2D eigenvalue weighted by Gasteiger charge is 2.07. The molecule has 0 saturated heterocycles. The minimum absolute atomic E-state index is 0.103. The van der Waals surface area contributed by atoms with Crippen LogP contribution in [0.2, 0.25) is 0 Å². The molecule has 0 aliphatic rings. The van der Waals surface area contributed by atoms with Crippen molar-refractivity contribution in [2.45, 2.75) is 129 Å². The maximum absolute atomic E-state index is 11.4. The Morgan fingerprint density at radius 3 is 1.42 bits per heavy atom. The molecule has 0 bridgehead atoms. The normalized spacial score (nSPS) is 12.5. The van der Waals surface area contributed by atoms with Crippen LogP contribution >= 0.6 is 0 Å². The van der Waals surface area contributed by atoms with Gasteiger partial charge < -0.3 is 25.2 Å². The molecule has 0 saturated carbocycles. The number of hydrogen-bond acceptors (Lipinski definition) is 6. The molecule has 4 N–H and O–H groups in total. The van der Waals surface area contributed by atoms with E-state index in [0.717, 1.165) is 12.8 Å². The summed E-state index contributed by atoms with van der Waals surface area (Å²) in [6.07, 6.45) is 17.8. The maximum Gasteiger partial charge on any atom is 0.332 e. The summed E-state index contributed by atoms with van der Waals surface area (Å²) in [5.74, 6) is -1.46. The van der Waals surface area contributed by atoms with Crippen molar-refractivity contribution >= 4 is 11.9 Å². The molecule has 0 aromatic heterocycles. The largest absolute Gasteiger partial charge is 0.479 e. The SMILES string of the molecule is CC(O)C(=O)O.CCCCCCCCCCCCCCCCCC(=O)OCC(O)CO. The van der Waals surface area contributed by atoms with Crippen LogP contribution < -0.4 is 0 Å². The lowest BCUT2D eigenvalue weighted by Crippen LogP contribution is -2.21. The zero-order valence-electron chi connectivity index (χ0n) is 19.9. The third-order valence-electron chi connectivity index (χ3n) is 4.99. The highest BCUT2D eigenvalue weighted by molar-refractivity contribution is 5.71. The van der Waals surface area contributed by atoms with Gasteiger partial charge in [-0.1, -0.05) is 96.8 Å². The Balaban J connectivity index is 0. The average Bonchev–Trinajstić information content (AvgIpc) is 2.75. The molecule has 0 aromatic carbocycles. The molecule has 0 fully saturated rings. The number of carboxylic acid groups (broad SMARTS) is 1. The van der Waals surface area contributed by atoms with Crippen molar-refractivity contribution in [3.63, 3.8) is 0 Å². The smallest absolute Gasteiger partial charge is 0.332 e. The summed E-state index contributed by atoms with van der Waals surface area (Å²) < 4.78 is 4.86. The van der Waals surface area contributed by atoms with Gasteiger partial charge in [-0.15, -0.1) is 0 Å². The van der Waals surface area contributed by atoms with E-state index in [-0.39, 0.29) is 19.2 Å². The van der Waals surface area contributed by atoms with Crippen LogP contribution in [0.4, 0.5) is 0 Å². The van der Waals surface area contributed by atoms with Crippen LogP contribution in [0.5, 0.6) is 0 Å². The van der Waals surface area contributed by atoms with Crippen molar-refractivity contribution < 1.29 is 34.8 Å². The fourth-order valence-electron chi connectivity index (χ4n) is 2.95. The van der Waals surface area contributed by atoms with Gasteiger partial charge in [-0.05, 0) is 13.3 Å². The summed E-state index contributed by atoms with van der Waals surface area (Å²) in [6, 6.07) is 0.